The van der Waals surface area contributed by atoms with Gasteiger partial charge in [-0.2, -0.15) is 0 Å². The van der Waals surface area contributed by atoms with Gasteiger partial charge in [0.05, 0.1) is 5.60 Å². The molecule has 3 atom stereocenters. The molecule has 2 N–H and O–H groups in total. The van der Waals surface area contributed by atoms with Crippen LogP contribution in [0.5, 0.6) is 0 Å². The number of carbonyl (C=O) groups excluding carboxylic acids is 1. The smallest absolute Gasteiger partial charge is 0.315 e. The van der Waals surface area contributed by atoms with Gasteiger partial charge in [-0.3, -0.25) is 0 Å². The molecule has 0 aromatic rings. The molecule has 126 valence electrons. The number of carbonyl (C=O) groups is 1. The van der Waals surface area contributed by atoms with Crippen LogP contribution < -0.4 is 10.6 Å². The fraction of sp³-hybridized carbons (Fsp3) is 0.944. The molecule has 1 heterocycles. The van der Waals surface area contributed by atoms with Crippen molar-refractivity contribution in [2.24, 2.45) is 11.3 Å². The lowest BCUT2D eigenvalue weighted by molar-refractivity contribution is -0.107. The number of hydrogen-bond donors (Lipinski definition) is 2. The molecule has 0 aromatic carbocycles. The van der Waals surface area contributed by atoms with Crippen molar-refractivity contribution in [1.29, 1.82) is 0 Å². The lowest BCUT2D eigenvalue weighted by atomic mass is 9.78. The largest absolute Gasteiger partial charge is 0.375 e. The zero-order valence-corrected chi connectivity index (χ0v) is 14.4. The summed E-state index contributed by atoms with van der Waals surface area (Å²) in [4.78, 5) is 12.3. The zero-order valence-electron chi connectivity index (χ0n) is 14.4. The second-order valence-corrected chi connectivity index (χ2v) is 8.32. The maximum atomic E-state index is 12.3. The van der Waals surface area contributed by atoms with E-state index in [1.807, 2.05) is 0 Å². The lowest BCUT2D eigenvalue weighted by Crippen LogP contribution is -2.52. The van der Waals surface area contributed by atoms with Gasteiger partial charge in [0.2, 0.25) is 0 Å². The van der Waals surface area contributed by atoms with Crippen LogP contribution in [-0.4, -0.2) is 30.3 Å². The number of nitrogens with one attached hydrogen (secondary N) is 2. The summed E-state index contributed by atoms with van der Waals surface area (Å²) in [5, 5.41) is 6.38. The van der Waals surface area contributed by atoms with E-state index in [-0.39, 0.29) is 23.1 Å². The Balaban J connectivity index is 1.47. The van der Waals surface area contributed by atoms with E-state index in [9.17, 15) is 4.79 Å². The second kappa shape index (κ2) is 6.03. The summed E-state index contributed by atoms with van der Waals surface area (Å²) in [6.45, 7) is 7.54. The van der Waals surface area contributed by atoms with Gasteiger partial charge in [0, 0.05) is 18.7 Å². The number of amides is 2. The summed E-state index contributed by atoms with van der Waals surface area (Å²) < 4.78 is 6.10. The van der Waals surface area contributed by atoms with Crippen molar-refractivity contribution < 1.29 is 9.53 Å². The zero-order chi connectivity index (χ0) is 15.8. The van der Waals surface area contributed by atoms with Crippen molar-refractivity contribution in [3.63, 3.8) is 0 Å². The van der Waals surface area contributed by atoms with E-state index in [0.29, 0.717) is 12.0 Å². The van der Waals surface area contributed by atoms with Crippen LogP contribution in [0.1, 0.15) is 72.1 Å². The van der Waals surface area contributed by atoms with Crippen molar-refractivity contribution in [2.45, 2.75) is 89.8 Å². The number of ether oxygens (including phenoxy) is 1. The van der Waals surface area contributed by atoms with E-state index in [1.165, 1.54) is 32.1 Å². The molecule has 1 saturated heterocycles. The molecule has 22 heavy (non-hydrogen) atoms. The Hall–Kier alpha value is -0.770. The van der Waals surface area contributed by atoms with Gasteiger partial charge in [-0.1, -0.05) is 40.0 Å². The van der Waals surface area contributed by atoms with Gasteiger partial charge >= 0.3 is 6.03 Å². The monoisotopic (exact) mass is 308 g/mol. The third-order valence-corrected chi connectivity index (χ3v) is 6.50. The first-order chi connectivity index (χ1) is 10.4. The first kappa shape index (κ1) is 16.1. The van der Waals surface area contributed by atoms with Crippen molar-refractivity contribution >= 4 is 6.03 Å². The maximum Gasteiger partial charge on any atom is 0.315 e. The van der Waals surface area contributed by atoms with Gasteiger partial charge in [0.1, 0.15) is 0 Å². The summed E-state index contributed by atoms with van der Waals surface area (Å²) >= 11 is 0. The molecular weight excluding hydrogens is 276 g/mol. The van der Waals surface area contributed by atoms with Gasteiger partial charge < -0.3 is 15.4 Å². The van der Waals surface area contributed by atoms with E-state index in [4.69, 9.17) is 4.74 Å². The third kappa shape index (κ3) is 3.27. The van der Waals surface area contributed by atoms with Crippen LogP contribution in [0.15, 0.2) is 0 Å². The van der Waals surface area contributed by atoms with Crippen LogP contribution in [0, 0.1) is 11.3 Å². The van der Waals surface area contributed by atoms with E-state index >= 15 is 0 Å². The summed E-state index contributed by atoms with van der Waals surface area (Å²) in [6.07, 6.45) is 9.26. The molecule has 1 spiro atoms. The molecule has 3 unspecified atom stereocenters. The highest BCUT2D eigenvalue weighted by Gasteiger charge is 2.53. The van der Waals surface area contributed by atoms with Gasteiger partial charge in [-0.25, -0.2) is 4.79 Å². The number of hydrogen-bond acceptors (Lipinski definition) is 2. The molecule has 3 fully saturated rings. The molecular formula is C18H32N2O2. The van der Waals surface area contributed by atoms with Gasteiger partial charge in [-0.05, 0) is 43.4 Å². The average Bonchev–Trinajstić information content (AvgIpc) is 3.11. The van der Waals surface area contributed by atoms with Crippen LogP contribution in [-0.2, 0) is 4.74 Å². The summed E-state index contributed by atoms with van der Waals surface area (Å²) in [6, 6.07) is 0.638. The molecule has 2 amide bonds. The third-order valence-electron chi connectivity index (χ3n) is 6.50. The molecule has 1 aliphatic heterocycles. The minimum atomic E-state index is 0.0206. The fourth-order valence-electron chi connectivity index (χ4n) is 4.32. The lowest BCUT2D eigenvalue weighted by Gasteiger charge is -2.43. The van der Waals surface area contributed by atoms with Crippen LogP contribution in [0.2, 0.25) is 0 Å². The minimum Gasteiger partial charge on any atom is -0.375 e. The maximum absolute atomic E-state index is 12.3. The number of rotatable bonds is 3. The van der Waals surface area contributed by atoms with Crippen molar-refractivity contribution in [1.82, 2.24) is 10.6 Å². The minimum absolute atomic E-state index is 0.0206. The molecule has 4 nitrogen and oxygen atoms in total. The average molecular weight is 308 g/mol. The highest BCUT2D eigenvalue weighted by atomic mass is 16.5. The van der Waals surface area contributed by atoms with E-state index < -0.39 is 0 Å². The Morgan fingerprint density at radius 3 is 2.50 bits per heavy atom. The molecule has 0 bridgehead atoms. The van der Waals surface area contributed by atoms with E-state index in [1.54, 1.807) is 0 Å². The number of urea groups is 1. The molecule has 0 radical (unpaired) electrons. The topological polar surface area (TPSA) is 50.4 Å². The Bertz CT molecular complexity index is 412. The normalized spacial score (nSPS) is 37.1. The van der Waals surface area contributed by atoms with Gasteiger partial charge in [-0.15, -0.1) is 0 Å². The van der Waals surface area contributed by atoms with Gasteiger partial charge in [0.15, 0.2) is 0 Å². The first-order valence-electron chi connectivity index (χ1n) is 9.15. The predicted molar refractivity (Wildman–Crippen MR) is 87.8 cm³/mol. The second-order valence-electron chi connectivity index (χ2n) is 8.32. The standard InChI is InChI=1S/C18H32N2O2/c1-13(2)17(3)12-15(17)20-16(21)19-14-7-10-22-18(11-14)8-5-4-6-9-18/h13-15H,4-12H2,1-3H3,(H2,19,20,21). The Morgan fingerprint density at radius 2 is 1.86 bits per heavy atom. The van der Waals surface area contributed by atoms with E-state index in [2.05, 4.69) is 31.4 Å². The summed E-state index contributed by atoms with van der Waals surface area (Å²) in [5.41, 5.74) is 0.345. The van der Waals surface area contributed by atoms with Crippen molar-refractivity contribution in [2.75, 3.05) is 6.61 Å². The predicted octanol–water partition coefficient (Wildman–Crippen LogP) is 3.60. The fourth-order valence-corrected chi connectivity index (χ4v) is 4.32. The van der Waals surface area contributed by atoms with Crippen LogP contribution in [0.4, 0.5) is 4.79 Å². The Labute approximate surface area is 134 Å². The summed E-state index contributed by atoms with van der Waals surface area (Å²) in [5.74, 6) is 0.617. The van der Waals surface area contributed by atoms with Crippen molar-refractivity contribution in [3.05, 3.63) is 0 Å². The van der Waals surface area contributed by atoms with Crippen LogP contribution in [0.25, 0.3) is 0 Å². The molecule has 2 saturated carbocycles. The van der Waals surface area contributed by atoms with Crippen molar-refractivity contribution in [3.8, 4) is 0 Å². The molecule has 0 aromatic heterocycles. The Morgan fingerprint density at radius 1 is 1.14 bits per heavy atom. The molecule has 3 aliphatic rings. The van der Waals surface area contributed by atoms with Gasteiger partial charge in [0.25, 0.3) is 0 Å². The first-order valence-corrected chi connectivity index (χ1v) is 9.15. The highest BCUT2D eigenvalue weighted by molar-refractivity contribution is 5.75. The highest BCUT2D eigenvalue weighted by Crippen LogP contribution is 2.51. The van der Waals surface area contributed by atoms with Crippen LogP contribution >= 0.6 is 0 Å². The van der Waals surface area contributed by atoms with E-state index in [0.717, 1.165) is 25.9 Å². The molecule has 3 rings (SSSR count). The summed E-state index contributed by atoms with van der Waals surface area (Å²) in [7, 11) is 0. The SMILES string of the molecule is CC(C)C1(C)CC1NC(=O)NC1CCOC2(CCCCC2)C1. The van der Waals surface area contributed by atoms with Crippen LogP contribution in [0.3, 0.4) is 0 Å². The molecule has 2 aliphatic carbocycles. The Kier molecular flexibility index (Phi) is 4.41. The quantitative estimate of drug-likeness (QED) is 0.837. The molecule has 4 heteroatoms.